The number of aliphatic carboxylic acids is 1. The highest BCUT2D eigenvalue weighted by atomic mass is 16.5. The van der Waals surface area contributed by atoms with Crippen molar-refractivity contribution in [3.8, 4) is 0 Å². The van der Waals surface area contributed by atoms with E-state index in [1.165, 1.54) is 11.9 Å². The van der Waals surface area contributed by atoms with Crippen molar-refractivity contribution in [3.05, 3.63) is 12.7 Å². The van der Waals surface area contributed by atoms with Gasteiger partial charge in [0, 0.05) is 13.0 Å². The monoisotopic (exact) mass is 411 g/mol. The summed E-state index contributed by atoms with van der Waals surface area (Å²) in [7, 11) is 0. The summed E-state index contributed by atoms with van der Waals surface area (Å²) in [5.74, 6) is -2.74. The molecule has 164 valence electrons. The molecule has 0 aromatic carbocycles. The van der Waals surface area contributed by atoms with Gasteiger partial charge in [-0.1, -0.05) is 19.9 Å². The third-order valence-electron chi connectivity index (χ3n) is 4.64. The first kappa shape index (κ1) is 24.6. The van der Waals surface area contributed by atoms with E-state index < -0.39 is 41.9 Å². The Bertz CT molecular complexity index is 607. The number of hydrogen-bond acceptors (Lipinski definition) is 6. The number of carboxylic acids is 1. The second-order valence-corrected chi connectivity index (χ2v) is 7.57. The van der Waals surface area contributed by atoms with Gasteiger partial charge in [-0.3, -0.25) is 24.2 Å². The Hall–Kier alpha value is -2.42. The fourth-order valence-corrected chi connectivity index (χ4v) is 2.97. The molecule has 1 saturated heterocycles. The third kappa shape index (κ3) is 8.23. The molecule has 0 spiro atoms. The minimum Gasteiger partial charge on any atom is -0.480 e. The largest absolute Gasteiger partial charge is 0.480 e. The number of hydrazine groups is 1. The van der Waals surface area contributed by atoms with Crippen molar-refractivity contribution in [2.45, 2.75) is 77.5 Å². The Morgan fingerprint density at radius 2 is 1.97 bits per heavy atom. The lowest BCUT2D eigenvalue weighted by molar-refractivity contribution is -0.159. The molecule has 0 aliphatic carbocycles. The lowest BCUT2D eigenvalue weighted by atomic mass is 10.1. The zero-order chi connectivity index (χ0) is 22.0. The van der Waals surface area contributed by atoms with Crippen molar-refractivity contribution < 1.29 is 29.0 Å². The van der Waals surface area contributed by atoms with Gasteiger partial charge >= 0.3 is 11.9 Å². The Morgan fingerprint density at radius 3 is 2.55 bits per heavy atom. The molecule has 1 rings (SSSR count). The van der Waals surface area contributed by atoms with E-state index in [0.29, 0.717) is 25.8 Å². The fraction of sp³-hybridized carbons (Fsp3) is 0.700. The lowest BCUT2D eigenvalue weighted by Gasteiger charge is -2.34. The number of amides is 2. The number of ether oxygens (including phenoxy) is 1. The van der Waals surface area contributed by atoms with Crippen LogP contribution in [0.3, 0.4) is 0 Å². The highest BCUT2D eigenvalue weighted by Crippen LogP contribution is 2.12. The van der Waals surface area contributed by atoms with Gasteiger partial charge in [0.05, 0.1) is 0 Å². The highest BCUT2D eigenvalue weighted by Gasteiger charge is 2.33. The number of hydrogen-bond donors (Lipinski definition) is 3. The molecule has 0 radical (unpaired) electrons. The van der Waals surface area contributed by atoms with Gasteiger partial charge in [0.1, 0.15) is 12.1 Å². The number of carbonyl (C=O) groups is 4. The second-order valence-electron chi connectivity index (χ2n) is 7.57. The molecule has 0 saturated carbocycles. The van der Waals surface area contributed by atoms with Crippen molar-refractivity contribution in [1.29, 1.82) is 0 Å². The Labute approximate surface area is 171 Å². The van der Waals surface area contributed by atoms with E-state index in [-0.39, 0.29) is 12.3 Å². The van der Waals surface area contributed by atoms with E-state index >= 15 is 0 Å². The van der Waals surface area contributed by atoms with Crippen LogP contribution in [0.5, 0.6) is 0 Å². The van der Waals surface area contributed by atoms with Crippen molar-refractivity contribution in [2.75, 3.05) is 6.54 Å². The van der Waals surface area contributed by atoms with E-state index in [4.69, 9.17) is 9.84 Å². The van der Waals surface area contributed by atoms with Gasteiger partial charge in [-0.25, -0.2) is 5.43 Å². The van der Waals surface area contributed by atoms with Crippen LogP contribution in [-0.4, -0.2) is 58.6 Å². The van der Waals surface area contributed by atoms with Crippen LogP contribution < -0.4 is 10.7 Å². The topological polar surface area (TPSA) is 125 Å². The first-order chi connectivity index (χ1) is 13.7. The van der Waals surface area contributed by atoms with Gasteiger partial charge in [-0.2, -0.15) is 0 Å². The smallest absolute Gasteiger partial charge is 0.322 e. The molecule has 0 aromatic rings. The molecule has 3 atom stereocenters. The van der Waals surface area contributed by atoms with Crippen LogP contribution in [0, 0.1) is 5.92 Å². The number of nitrogens with zero attached hydrogens (tertiary/aromatic N) is 1. The molecule has 1 aliphatic heterocycles. The molecule has 1 fully saturated rings. The SMILES string of the molecule is C=CCCCCC(=O)O[C@H](C(=O)N[C@@H](C)C(=O)N1CCCC(C(=O)O)N1)C(C)C. The average molecular weight is 411 g/mol. The number of esters is 1. The molecule has 9 heteroatoms. The summed E-state index contributed by atoms with van der Waals surface area (Å²) in [6.45, 7) is 9.01. The molecule has 1 heterocycles. The minimum atomic E-state index is -1.03. The molecule has 0 aromatic heterocycles. The zero-order valence-corrected chi connectivity index (χ0v) is 17.5. The fourth-order valence-electron chi connectivity index (χ4n) is 2.97. The molecule has 9 nitrogen and oxygen atoms in total. The van der Waals surface area contributed by atoms with Crippen molar-refractivity contribution in [1.82, 2.24) is 15.8 Å². The van der Waals surface area contributed by atoms with Crippen molar-refractivity contribution in [3.63, 3.8) is 0 Å². The van der Waals surface area contributed by atoms with Crippen LogP contribution in [-0.2, 0) is 23.9 Å². The quantitative estimate of drug-likeness (QED) is 0.266. The van der Waals surface area contributed by atoms with Crippen molar-refractivity contribution in [2.24, 2.45) is 5.92 Å². The first-order valence-corrected chi connectivity index (χ1v) is 10.1. The predicted octanol–water partition coefficient (Wildman–Crippen LogP) is 1.39. The summed E-state index contributed by atoms with van der Waals surface area (Å²) in [5.41, 5.74) is 2.67. The molecule has 3 N–H and O–H groups in total. The highest BCUT2D eigenvalue weighted by molar-refractivity contribution is 5.90. The van der Waals surface area contributed by atoms with Crippen molar-refractivity contribution >= 4 is 23.8 Å². The van der Waals surface area contributed by atoms with Gasteiger partial charge in [0.15, 0.2) is 6.10 Å². The Kier molecular flexibility index (Phi) is 10.4. The number of nitrogens with one attached hydrogen (secondary N) is 2. The van der Waals surface area contributed by atoms with Gasteiger partial charge in [-0.05, 0) is 44.9 Å². The molecular formula is C20H33N3O6. The normalized spacial score (nSPS) is 18.6. The average Bonchev–Trinajstić information content (AvgIpc) is 2.68. The second kappa shape index (κ2) is 12.2. The predicted molar refractivity (Wildman–Crippen MR) is 106 cm³/mol. The van der Waals surface area contributed by atoms with Crippen LogP contribution in [0.1, 0.15) is 59.3 Å². The van der Waals surface area contributed by atoms with Gasteiger partial charge in [-0.15, -0.1) is 6.58 Å². The van der Waals surface area contributed by atoms with E-state index in [2.05, 4.69) is 17.3 Å². The zero-order valence-electron chi connectivity index (χ0n) is 17.5. The summed E-state index contributed by atoms with van der Waals surface area (Å²) in [6.07, 6.45) is 4.26. The van der Waals surface area contributed by atoms with Gasteiger partial charge in [0.25, 0.3) is 11.8 Å². The van der Waals surface area contributed by atoms with E-state index in [0.717, 1.165) is 12.8 Å². The summed E-state index contributed by atoms with van der Waals surface area (Å²) in [5, 5.41) is 12.9. The number of allylic oxidation sites excluding steroid dienone is 1. The molecule has 2 amide bonds. The van der Waals surface area contributed by atoms with Crippen LogP contribution in [0.2, 0.25) is 0 Å². The number of unbranched alkanes of at least 4 members (excludes halogenated alkanes) is 2. The Morgan fingerprint density at radius 1 is 1.28 bits per heavy atom. The van der Waals surface area contributed by atoms with Crippen LogP contribution in [0.4, 0.5) is 0 Å². The van der Waals surface area contributed by atoms with Gasteiger partial charge < -0.3 is 15.2 Å². The van der Waals surface area contributed by atoms with Crippen LogP contribution >= 0.6 is 0 Å². The molecule has 29 heavy (non-hydrogen) atoms. The maximum atomic E-state index is 12.6. The maximum Gasteiger partial charge on any atom is 0.322 e. The third-order valence-corrected chi connectivity index (χ3v) is 4.64. The molecule has 1 unspecified atom stereocenters. The maximum absolute atomic E-state index is 12.6. The lowest BCUT2D eigenvalue weighted by Crippen LogP contribution is -2.60. The number of carboxylic acid groups (broad SMARTS) is 1. The van der Waals surface area contributed by atoms with Gasteiger partial charge in [0.2, 0.25) is 0 Å². The summed E-state index contributed by atoms with van der Waals surface area (Å²) >= 11 is 0. The molecular weight excluding hydrogens is 378 g/mol. The Balaban J connectivity index is 2.60. The minimum absolute atomic E-state index is 0.215. The van der Waals surface area contributed by atoms with Crippen LogP contribution in [0.25, 0.3) is 0 Å². The molecule has 0 bridgehead atoms. The molecule has 1 aliphatic rings. The summed E-state index contributed by atoms with van der Waals surface area (Å²) in [6, 6.07) is -1.73. The summed E-state index contributed by atoms with van der Waals surface area (Å²) in [4.78, 5) is 48.3. The van der Waals surface area contributed by atoms with E-state index in [1.807, 2.05) is 0 Å². The number of carbonyl (C=O) groups excluding carboxylic acids is 3. The van der Waals surface area contributed by atoms with Crippen LogP contribution in [0.15, 0.2) is 12.7 Å². The van der Waals surface area contributed by atoms with E-state index in [9.17, 15) is 19.2 Å². The number of rotatable bonds is 11. The standard InChI is InChI=1S/C20H33N3O6/c1-5-6-7-8-11-16(24)29-17(13(2)3)18(25)21-14(4)19(26)23-12-9-10-15(22-23)20(27)28/h5,13-15,17,22H,1,6-12H2,2-4H3,(H,21,25)(H,27,28)/t14-,15?,17-/m0/s1. The first-order valence-electron chi connectivity index (χ1n) is 10.1. The summed E-state index contributed by atoms with van der Waals surface area (Å²) < 4.78 is 5.33. The van der Waals surface area contributed by atoms with E-state index in [1.54, 1.807) is 19.9 Å².